The number of hydrogen-bond donors (Lipinski definition) is 1. The molecule has 0 aliphatic carbocycles. The smallest absolute Gasteiger partial charge is 0.253 e. The highest BCUT2D eigenvalue weighted by atomic mass is 79.9. The molecule has 116 valence electrons. The average molecular weight is 355 g/mol. The van der Waals surface area contributed by atoms with Crippen molar-refractivity contribution in [1.29, 1.82) is 0 Å². The zero-order chi connectivity index (χ0) is 16.2. The van der Waals surface area contributed by atoms with Crippen molar-refractivity contribution in [3.63, 3.8) is 0 Å². The second-order valence-corrected chi connectivity index (χ2v) is 6.73. The minimum atomic E-state index is -0.499. The van der Waals surface area contributed by atoms with Crippen LogP contribution in [0, 0.1) is 12.8 Å². The van der Waals surface area contributed by atoms with Crippen LogP contribution >= 0.6 is 15.9 Å². The fourth-order valence-electron chi connectivity index (χ4n) is 2.04. The Hall–Kier alpha value is -1.36. The van der Waals surface area contributed by atoms with Gasteiger partial charge in [0, 0.05) is 18.6 Å². The molecule has 4 nitrogen and oxygen atoms in total. The minimum Gasteiger partial charge on any atom is -0.347 e. The van der Waals surface area contributed by atoms with Crippen molar-refractivity contribution in [2.75, 3.05) is 14.1 Å². The van der Waals surface area contributed by atoms with E-state index < -0.39 is 6.04 Å². The van der Waals surface area contributed by atoms with Crippen molar-refractivity contribution < 1.29 is 9.59 Å². The molecule has 0 bridgehead atoms. The van der Waals surface area contributed by atoms with E-state index in [1.54, 1.807) is 20.2 Å². The number of rotatable bonds is 5. The summed E-state index contributed by atoms with van der Waals surface area (Å²) in [5, 5.41) is 2.85. The first-order valence-electron chi connectivity index (χ1n) is 7.00. The SMILES string of the molecule is Cc1ccc(C(=O)NC(CC(C)C)C(=O)N(C)C)c(Br)c1. The van der Waals surface area contributed by atoms with Crippen LogP contribution < -0.4 is 5.32 Å². The number of halogens is 1. The first-order chi connectivity index (χ1) is 9.72. The Morgan fingerprint density at radius 1 is 1.29 bits per heavy atom. The van der Waals surface area contributed by atoms with Gasteiger partial charge < -0.3 is 10.2 Å². The van der Waals surface area contributed by atoms with Crippen LogP contribution in [0.2, 0.25) is 0 Å². The topological polar surface area (TPSA) is 49.4 Å². The maximum Gasteiger partial charge on any atom is 0.253 e. The molecule has 0 aliphatic heterocycles. The van der Waals surface area contributed by atoms with Gasteiger partial charge in [-0.15, -0.1) is 0 Å². The van der Waals surface area contributed by atoms with Crippen LogP contribution in [0.4, 0.5) is 0 Å². The molecule has 1 unspecified atom stereocenters. The molecule has 5 heteroatoms. The Balaban J connectivity index is 2.92. The molecule has 2 amide bonds. The predicted octanol–water partition coefficient (Wildman–Crippen LogP) is 2.99. The standard InChI is InChI=1S/C16H23BrN2O2/c1-10(2)8-14(16(21)19(4)5)18-15(20)12-7-6-11(3)9-13(12)17/h6-7,9-10,14H,8H2,1-5H3,(H,18,20). The summed E-state index contributed by atoms with van der Waals surface area (Å²) < 4.78 is 0.737. The lowest BCUT2D eigenvalue weighted by Crippen LogP contribution is -2.47. The lowest BCUT2D eigenvalue weighted by Gasteiger charge is -2.23. The summed E-state index contributed by atoms with van der Waals surface area (Å²) in [7, 11) is 3.40. The van der Waals surface area contributed by atoms with E-state index in [1.807, 2.05) is 32.9 Å². The fraction of sp³-hybridized carbons (Fsp3) is 0.500. The van der Waals surface area contributed by atoms with Gasteiger partial charge in [-0.2, -0.15) is 0 Å². The number of aryl methyl sites for hydroxylation is 1. The van der Waals surface area contributed by atoms with Gasteiger partial charge in [-0.25, -0.2) is 0 Å². The maximum absolute atomic E-state index is 12.4. The van der Waals surface area contributed by atoms with Gasteiger partial charge in [-0.1, -0.05) is 19.9 Å². The van der Waals surface area contributed by atoms with Gasteiger partial charge in [0.15, 0.2) is 0 Å². The van der Waals surface area contributed by atoms with E-state index in [9.17, 15) is 9.59 Å². The lowest BCUT2D eigenvalue weighted by atomic mass is 10.0. The van der Waals surface area contributed by atoms with Crippen molar-refractivity contribution >= 4 is 27.7 Å². The molecule has 0 fully saturated rings. The molecular formula is C16H23BrN2O2. The maximum atomic E-state index is 12.4. The van der Waals surface area contributed by atoms with Crippen molar-refractivity contribution in [3.8, 4) is 0 Å². The van der Waals surface area contributed by atoms with Crippen LogP contribution in [0.25, 0.3) is 0 Å². The normalized spacial score (nSPS) is 12.1. The van der Waals surface area contributed by atoms with Crippen molar-refractivity contribution in [2.45, 2.75) is 33.2 Å². The van der Waals surface area contributed by atoms with Gasteiger partial charge in [0.05, 0.1) is 5.56 Å². The molecule has 0 aromatic heterocycles. The largest absolute Gasteiger partial charge is 0.347 e. The first-order valence-corrected chi connectivity index (χ1v) is 7.79. The molecule has 21 heavy (non-hydrogen) atoms. The summed E-state index contributed by atoms with van der Waals surface area (Å²) in [5.41, 5.74) is 1.61. The van der Waals surface area contributed by atoms with E-state index in [0.717, 1.165) is 10.0 Å². The van der Waals surface area contributed by atoms with Gasteiger partial charge >= 0.3 is 0 Å². The molecule has 0 spiro atoms. The summed E-state index contributed by atoms with van der Waals surface area (Å²) in [6.07, 6.45) is 0.617. The second kappa shape index (κ2) is 7.59. The van der Waals surface area contributed by atoms with Gasteiger partial charge in [0.25, 0.3) is 5.91 Å². The van der Waals surface area contributed by atoms with Gasteiger partial charge in [-0.05, 0) is 52.9 Å². The molecule has 0 saturated heterocycles. The van der Waals surface area contributed by atoms with Crippen LogP contribution in [-0.2, 0) is 4.79 Å². The van der Waals surface area contributed by atoms with Gasteiger partial charge in [-0.3, -0.25) is 9.59 Å². The number of likely N-dealkylation sites (N-methyl/N-ethyl adjacent to an activating group) is 1. The average Bonchev–Trinajstić information content (AvgIpc) is 2.36. The third kappa shape index (κ3) is 5.16. The monoisotopic (exact) mass is 354 g/mol. The summed E-state index contributed by atoms with van der Waals surface area (Å²) in [4.78, 5) is 26.1. The Bertz CT molecular complexity index is 527. The van der Waals surface area contributed by atoms with Crippen LogP contribution in [0.5, 0.6) is 0 Å². The molecule has 0 saturated carbocycles. The van der Waals surface area contributed by atoms with Gasteiger partial charge in [0.1, 0.15) is 6.04 Å². The fourth-order valence-corrected chi connectivity index (χ4v) is 2.72. The highest BCUT2D eigenvalue weighted by Crippen LogP contribution is 2.19. The van der Waals surface area contributed by atoms with Crippen molar-refractivity contribution in [2.24, 2.45) is 5.92 Å². The van der Waals surface area contributed by atoms with E-state index >= 15 is 0 Å². The van der Waals surface area contributed by atoms with Crippen LogP contribution in [-0.4, -0.2) is 36.9 Å². The molecule has 0 radical (unpaired) electrons. The number of benzene rings is 1. The summed E-state index contributed by atoms with van der Waals surface area (Å²) in [6.45, 7) is 6.03. The molecule has 1 rings (SSSR count). The van der Waals surface area contributed by atoms with Crippen molar-refractivity contribution in [1.82, 2.24) is 10.2 Å². The van der Waals surface area contributed by atoms with Crippen molar-refractivity contribution in [3.05, 3.63) is 33.8 Å². The minimum absolute atomic E-state index is 0.0831. The molecule has 1 atom stereocenters. The Labute approximate surface area is 135 Å². The summed E-state index contributed by atoms with van der Waals surface area (Å²) in [5.74, 6) is 0.00340. The Morgan fingerprint density at radius 2 is 1.90 bits per heavy atom. The first kappa shape index (κ1) is 17.7. The van der Waals surface area contributed by atoms with Gasteiger partial charge in [0.2, 0.25) is 5.91 Å². The second-order valence-electron chi connectivity index (χ2n) is 5.87. The number of nitrogens with one attached hydrogen (secondary N) is 1. The van der Waals surface area contributed by atoms with E-state index in [-0.39, 0.29) is 11.8 Å². The number of carbonyl (C=O) groups excluding carboxylic acids is 2. The Morgan fingerprint density at radius 3 is 2.38 bits per heavy atom. The van der Waals surface area contributed by atoms with Crippen LogP contribution in [0.15, 0.2) is 22.7 Å². The Kier molecular flexibility index (Phi) is 6.40. The zero-order valence-corrected chi connectivity index (χ0v) is 14.8. The molecule has 0 aliphatic rings. The molecule has 0 heterocycles. The summed E-state index contributed by atoms with van der Waals surface area (Å²) in [6, 6.07) is 5.03. The van der Waals surface area contributed by atoms with E-state index in [0.29, 0.717) is 17.9 Å². The molecule has 1 aromatic carbocycles. The third-order valence-corrected chi connectivity index (χ3v) is 3.78. The number of amides is 2. The van der Waals surface area contributed by atoms with Crippen LogP contribution in [0.1, 0.15) is 36.2 Å². The number of nitrogens with zero attached hydrogens (tertiary/aromatic N) is 1. The van der Waals surface area contributed by atoms with E-state index in [4.69, 9.17) is 0 Å². The number of hydrogen-bond acceptors (Lipinski definition) is 2. The highest BCUT2D eigenvalue weighted by Gasteiger charge is 2.24. The predicted molar refractivity (Wildman–Crippen MR) is 88.3 cm³/mol. The zero-order valence-electron chi connectivity index (χ0n) is 13.2. The molecule has 1 aromatic rings. The number of carbonyl (C=O) groups is 2. The van der Waals surface area contributed by atoms with Crippen LogP contribution in [0.3, 0.4) is 0 Å². The quantitative estimate of drug-likeness (QED) is 0.883. The summed E-state index contributed by atoms with van der Waals surface area (Å²) >= 11 is 3.40. The lowest BCUT2D eigenvalue weighted by molar-refractivity contribution is -0.131. The molecule has 1 N–H and O–H groups in total. The van der Waals surface area contributed by atoms with E-state index in [2.05, 4.69) is 21.2 Å². The van der Waals surface area contributed by atoms with E-state index in [1.165, 1.54) is 4.90 Å². The third-order valence-electron chi connectivity index (χ3n) is 3.12. The molecular weight excluding hydrogens is 332 g/mol. The highest BCUT2D eigenvalue weighted by molar-refractivity contribution is 9.10.